The third-order valence-corrected chi connectivity index (χ3v) is 5.86. The first kappa shape index (κ1) is 19.2. The molecule has 1 fully saturated rings. The predicted octanol–water partition coefficient (Wildman–Crippen LogP) is 2.37. The van der Waals surface area contributed by atoms with Gasteiger partial charge in [0.05, 0.1) is 7.11 Å². The summed E-state index contributed by atoms with van der Waals surface area (Å²) in [6, 6.07) is 12.9. The quantitative estimate of drug-likeness (QED) is 0.804. The molecule has 0 aliphatic carbocycles. The molecule has 144 valence electrons. The maximum absolute atomic E-state index is 12.8. The SMILES string of the molecule is COc1ccc(C(=O)N2CCN(c3cccc(C)c3)CC2)cc1S(C)(=O)=O. The van der Waals surface area contributed by atoms with Crippen molar-refractivity contribution in [3.8, 4) is 5.75 Å². The monoisotopic (exact) mass is 388 g/mol. The fourth-order valence-corrected chi connectivity index (χ4v) is 4.13. The Hall–Kier alpha value is -2.54. The van der Waals surface area contributed by atoms with Gasteiger partial charge in [0.15, 0.2) is 9.84 Å². The number of rotatable bonds is 4. The standard InChI is InChI=1S/C20H24N2O4S/c1-15-5-4-6-17(13-15)21-9-11-22(12-10-21)20(23)16-7-8-18(26-2)19(14-16)27(3,24)25/h4-8,13-14H,9-12H2,1-3H3. The lowest BCUT2D eigenvalue weighted by molar-refractivity contribution is 0.0746. The minimum Gasteiger partial charge on any atom is -0.495 e. The summed E-state index contributed by atoms with van der Waals surface area (Å²) in [4.78, 5) is 16.9. The number of benzene rings is 2. The molecular weight excluding hydrogens is 364 g/mol. The molecule has 7 heteroatoms. The summed E-state index contributed by atoms with van der Waals surface area (Å²) in [5, 5.41) is 0. The number of piperazine rings is 1. The highest BCUT2D eigenvalue weighted by atomic mass is 32.2. The summed E-state index contributed by atoms with van der Waals surface area (Å²) >= 11 is 0. The summed E-state index contributed by atoms with van der Waals surface area (Å²) < 4.78 is 29.1. The largest absolute Gasteiger partial charge is 0.495 e. The third-order valence-electron chi connectivity index (χ3n) is 4.74. The van der Waals surface area contributed by atoms with Crippen LogP contribution < -0.4 is 9.64 Å². The second kappa shape index (κ2) is 7.60. The van der Waals surface area contributed by atoms with Crippen molar-refractivity contribution in [3.05, 3.63) is 53.6 Å². The van der Waals surface area contributed by atoms with E-state index in [-0.39, 0.29) is 16.6 Å². The van der Waals surface area contributed by atoms with Crippen molar-refractivity contribution >= 4 is 21.4 Å². The van der Waals surface area contributed by atoms with E-state index in [2.05, 4.69) is 30.0 Å². The molecule has 1 saturated heterocycles. The Balaban J connectivity index is 1.74. The molecule has 0 bridgehead atoms. The first-order valence-corrected chi connectivity index (χ1v) is 10.7. The average Bonchev–Trinajstić information content (AvgIpc) is 2.66. The summed E-state index contributed by atoms with van der Waals surface area (Å²) in [7, 11) is -2.07. The molecule has 0 unspecified atom stereocenters. The highest BCUT2D eigenvalue weighted by Crippen LogP contribution is 2.26. The minimum absolute atomic E-state index is 0.0363. The number of hydrogen-bond acceptors (Lipinski definition) is 5. The van der Waals surface area contributed by atoms with Crippen molar-refractivity contribution in [3.63, 3.8) is 0 Å². The van der Waals surface area contributed by atoms with Crippen LogP contribution in [-0.2, 0) is 9.84 Å². The van der Waals surface area contributed by atoms with Gasteiger partial charge in [0.1, 0.15) is 10.6 Å². The number of ether oxygens (including phenoxy) is 1. The van der Waals surface area contributed by atoms with Crippen LogP contribution in [0.4, 0.5) is 5.69 Å². The molecule has 1 aliphatic rings. The van der Waals surface area contributed by atoms with E-state index in [9.17, 15) is 13.2 Å². The van der Waals surface area contributed by atoms with Gasteiger partial charge in [0.2, 0.25) is 0 Å². The summed E-state index contributed by atoms with van der Waals surface area (Å²) in [5.41, 5.74) is 2.73. The lowest BCUT2D eigenvalue weighted by Gasteiger charge is -2.36. The van der Waals surface area contributed by atoms with Crippen LogP contribution in [0.25, 0.3) is 0 Å². The lowest BCUT2D eigenvalue weighted by Crippen LogP contribution is -2.48. The number of anilines is 1. The summed E-state index contributed by atoms with van der Waals surface area (Å²) in [5.74, 6) is 0.0877. The topological polar surface area (TPSA) is 66.9 Å². The van der Waals surface area contributed by atoms with E-state index in [1.165, 1.54) is 24.8 Å². The zero-order valence-corrected chi connectivity index (χ0v) is 16.6. The number of amides is 1. The van der Waals surface area contributed by atoms with Crippen LogP contribution in [0.5, 0.6) is 5.75 Å². The zero-order chi connectivity index (χ0) is 19.6. The number of methoxy groups -OCH3 is 1. The van der Waals surface area contributed by atoms with Crippen molar-refractivity contribution in [2.45, 2.75) is 11.8 Å². The molecule has 0 aromatic heterocycles. The molecule has 6 nitrogen and oxygen atoms in total. The van der Waals surface area contributed by atoms with Gasteiger partial charge in [-0.2, -0.15) is 0 Å². The Bertz CT molecular complexity index is 948. The van der Waals surface area contributed by atoms with Crippen molar-refractivity contribution in [1.29, 1.82) is 0 Å². The highest BCUT2D eigenvalue weighted by Gasteiger charge is 2.24. The molecule has 2 aromatic carbocycles. The summed E-state index contributed by atoms with van der Waals surface area (Å²) in [6.45, 7) is 4.72. The Morgan fingerprint density at radius 1 is 1.04 bits per heavy atom. The number of aryl methyl sites for hydroxylation is 1. The van der Waals surface area contributed by atoms with Crippen molar-refractivity contribution in [2.75, 3.05) is 44.4 Å². The second-order valence-electron chi connectivity index (χ2n) is 6.76. The van der Waals surface area contributed by atoms with Gasteiger partial charge in [0, 0.05) is 43.7 Å². The first-order chi connectivity index (χ1) is 12.8. The van der Waals surface area contributed by atoms with E-state index < -0.39 is 9.84 Å². The maximum atomic E-state index is 12.8. The number of sulfone groups is 1. The van der Waals surface area contributed by atoms with E-state index in [1.807, 2.05) is 6.07 Å². The highest BCUT2D eigenvalue weighted by molar-refractivity contribution is 7.90. The number of carbonyl (C=O) groups excluding carboxylic acids is 1. The molecule has 1 amide bonds. The molecule has 3 rings (SSSR count). The van der Waals surface area contributed by atoms with E-state index in [4.69, 9.17) is 4.74 Å². The molecule has 27 heavy (non-hydrogen) atoms. The molecule has 0 radical (unpaired) electrons. The Labute approximate surface area is 160 Å². The molecule has 0 saturated carbocycles. The van der Waals surface area contributed by atoms with Gasteiger partial charge in [-0.1, -0.05) is 12.1 Å². The first-order valence-electron chi connectivity index (χ1n) is 8.78. The van der Waals surface area contributed by atoms with Gasteiger partial charge < -0.3 is 14.5 Å². The van der Waals surface area contributed by atoms with E-state index in [0.29, 0.717) is 18.7 Å². The molecule has 1 aliphatic heterocycles. The maximum Gasteiger partial charge on any atom is 0.254 e. The van der Waals surface area contributed by atoms with Crippen LogP contribution in [0.1, 0.15) is 15.9 Å². The second-order valence-corrected chi connectivity index (χ2v) is 8.74. The van der Waals surface area contributed by atoms with E-state index >= 15 is 0 Å². The van der Waals surface area contributed by atoms with Crippen LogP contribution in [0.2, 0.25) is 0 Å². The Morgan fingerprint density at radius 2 is 1.74 bits per heavy atom. The van der Waals surface area contributed by atoms with Crippen LogP contribution >= 0.6 is 0 Å². The minimum atomic E-state index is -3.49. The van der Waals surface area contributed by atoms with Gasteiger partial charge in [0.25, 0.3) is 5.91 Å². The zero-order valence-electron chi connectivity index (χ0n) is 15.8. The van der Waals surface area contributed by atoms with Crippen molar-refractivity contribution in [2.24, 2.45) is 0 Å². The van der Waals surface area contributed by atoms with Gasteiger partial charge in [-0.05, 0) is 42.8 Å². The Morgan fingerprint density at radius 3 is 2.33 bits per heavy atom. The molecule has 0 N–H and O–H groups in total. The predicted molar refractivity (Wildman–Crippen MR) is 105 cm³/mol. The van der Waals surface area contributed by atoms with Gasteiger partial charge in [-0.3, -0.25) is 4.79 Å². The lowest BCUT2D eigenvalue weighted by atomic mass is 10.1. The smallest absolute Gasteiger partial charge is 0.254 e. The number of nitrogens with zero attached hydrogens (tertiary/aromatic N) is 2. The normalized spacial score (nSPS) is 14.9. The van der Waals surface area contributed by atoms with E-state index in [1.54, 1.807) is 11.0 Å². The molecule has 0 spiro atoms. The Kier molecular flexibility index (Phi) is 5.41. The van der Waals surface area contributed by atoms with Crippen molar-refractivity contribution in [1.82, 2.24) is 4.90 Å². The van der Waals surface area contributed by atoms with Gasteiger partial charge in [-0.15, -0.1) is 0 Å². The average molecular weight is 388 g/mol. The molecule has 2 aromatic rings. The third kappa shape index (κ3) is 4.24. The van der Waals surface area contributed by atoms with Gasteiger partial charge >= 0.3 is 0 Å². The number of hydrogen-bond donors (Lipinski definition) is 0. The van der Waals surface area contributed by atoms with Crippen LogP contribution in [0.15, 0.2) is 47.4 Å². The summed E-state index contributed by atoms with van der Waals surface area (Å²) in [6.07, 6.45) is 1.11. The fraction of sp³-hybridized carbons (Fsp3) is 0.350. The van der Waals surface area contributed by atoms with E-state index in [0.717, 1.165) is 25.0 Å². The van der Waals surface area contributed by atoms with Crippen LogP contribution in [0, 0.1) is 6.92 Å². The molecular formula is C20H24N2O4S. The van der Waals surface area contributed by atoms with Gasteiger partial charge in [-0.25, -0.2) is 8.42 Å². The number of carbonyl (C=O) groups is 1. The van der Waals surface area contributed by atoms with Crippen LogP contribution in [-0.4, -0.2) is 58.8 Å². The van der Waals surface area contributed by atoms with Crippen LogP contribution in [0.3, 0.4) is 0 Å². The fourth-order valence-electron chi connectivity index (χ4n) is 3.27. The van der Waals surface area contributed by atoms with Crippen molar-refractivity contribution < 1.29 is 17.9 Å². The molecule has 1 heterocycles. The molecule has 0 atom stereocenters.